The molecule has 0 aromatic heterocycles. The maximum atomic E-state index is 12.1. The first kappa shape index (κ1) is 29.7. The van der Waals surface area contributed by atoms with Gasteiger partial charge >= 0.3 is 0 Å². The molecule has 0 aliphatic rings. The summed E-state index contributed by atoms with van der Waals surface area (Å²) in [4.78, 5) is 12.1. The minimum Gasteiger partial charge on any atom is -0.490 e. The number of halogens is 1. The number of nitrogens with one attached hydrogen (secondary N) is 1. The van der Waals surface area contributed by atoms with E-state index in [1.165, 1.54) is 57.8 Å². The largest absolute Gasteiger partial charge is 0.490 e. The standard InChI is InChI=1S/C30H43ClN2O3/c1-3-5-6-7-8-9-10-11-12-13-14-15-30(34)33-32-23-26-18-21-28(29(22-26)35-4-2)36-24-25-16-19-27(31)20-17-25/h16-23H,3-15,24H2,1-2H3,(H,33,34)/b32-23+. The van der Waals surface area contributed by atoms with Crippen molar-refractivity contribution in [2.45, 2.75) is 97.5 Å². The summed E-state index contributed by atoms with van der Waals surface area (Å²) in [6.07, 6.45) is 16.1. The lowest BCUT2D eigenvalue weighted by Crippen LogP contribution is -2.16. The van der Waals surface area contributed by atoms with Gasteiger partial charge in [0.25, 0.3) is 0 Å². The Labute approximate surface area is 222 Å². The van der Waals surface area contributed by atoms with E-state index < -0.39 is 0 Å². The van der Waals surface area contributed by atoms with E-state index in [0.29, 0.717) is 36.2 Å². The lowest BCUT2D eigenvalue weighted by atomic mass is 10.1. The molecule has 0 saturated heterocycles. The van der Waals surface area contributed by atoms with E-state index in [2.05, 4.69) is 17.5 Å². The van der Waals surface area contributed by atoms with Gasteiger partial charge in [0.2, 0.25) is 5.91 Å². The molecule has 5 nitrogen and oxygen atoms in total. The quantitative estimate of drug-likeness (QED) is 0.116. The van der Waals surface area contributed by atoms with Crippen LogP contribution >= 0.6 is 11.6 Å². The first-order valence-corrected chi connectivity index (χ1v) is 14.0. The molecule has 0 fully saturated rings. The summed E-state index contributed by atoms with van der Waals surface area (Å²) in [7, 11) is 0. The van der Waals surface area contributed by atoms with Crippen LogP contribution in [0.1, 0.15) is 102 Å². The van der Waals surface area contributed by atoms with Crippen LogP contribution in [0.5, 0.6) is 11.5 Å². The molecule has 0 aliphatic carbocycles. The minimum atomic E-state index is -0.0462. The van der Waals surface area contributed by atoms with Crippen LogP contribution < -0.4 is 14.9 Å². The number of carbonyl (C=O) groups excluding carboxylic acids is 1. The third kappa shape index (κ3) is 13.0. The molecule has 0 atom stereocenters. The van der Waals surface area contributed by atoms with Crippen molar-refractivity contribution >= 4 is 23.7 Å². The van der Waals surface area contributed by atoms with Crippen molar-refractivity contribution in [2.24, 2.45) is 5.10 Å². The number of nitrogens with zero attached hydrogens (tertiary/aromatic N) is 1. The Morgan fingerprint density at radius 3 is 2.11 bits per heavy atom. The highest BCUT2D eigenvalue weighted by Crippen LogP contribution is 2.29. The lowest BCUT2D eigenvalue weighted by Gasteiger charge is -2.12. The highest BCUT2D eigenvalue weighted by atomic mass is 35.5. The van der Waals surface area contributed by atoms with E-state index in [4.69, 9.17) is 21.1 Å². The van der Waals surface area contributed by atoms with Gasteiger partial charge in [-0.2, -0.15) is 5.10 Å². The number of benzene rings is 2. The Morgan fingerprint density at radius 2 is 1.47 bits per heavy atom. The summed E-state index contributed by atoms with van der Waals surface area (Å²) in [5.41, 5.74) is 4.48. The van der Waals surface area contributed by atoms with Gasteiger partial charge in [-0.1, -0.05) is 94.9 Å². The molecule has 6 heteroatoms. The van der Waals surface area contributed by atoms with E-state index in [9.17, 15) is 4.79 Å². The second-order valence-corrected chi connectivity index (χ2v) is 9.57. The fourth-order valence-corrected chi connectivity index (χ4v) is 4.04. The fourth-order valence-electron chi connectivity index (χ4n) is 3.92. The highest BCUT2D eigenvalue weighted by Gasteiger charge is 2.07. The number of hydrogen-bond acceptors (Lipinski definition) is 4. The van der Waals surface area contributed by atoms with Gasteiger partial charge in [-0.05, 0) is 54.8 Å². The third-order valence-corrected chi connectivity index (χ3v) is 6.24. The second kappa shape index (κ2) is 18.7. The van der Waals surface area contributed by atoms with Gasteiger partial charge in [0.1, 0.15) is 6.61 Å². The van der Waals surface area contributed by atoms with Gasteiger partial charge in [-0.25, -0.2) is 5.43 Å². The molecule has 36 heavy (non-hydrogen) atoms. The summed E-state index contributed by atoms with van der Waals surface area (Å²) in [5.74, 6) is 1.25. The Balaban J connectivity index is 1.65. The Hall–Kier alpha value is -2.53. The normalized spacial score (nSPS) is 11.1. The zero-order valence-corrected chi connectivity index (χ0v) is 22.8. The number of hydrazone groups is 1. The van der Waals surface area contributed by atoms with E-state index in [-0.39, 0.29) is 5.91 Å². The highest BCUT2D eigenvalue weighted by molar-refractivity contribution is 6.30. The summed E-state index contributed by atoms with van der Waals surface area (Å²) in [5, 5.41) is 4.81. The van der Waals surface area contributed by atoms with Crippen LogP contribution in [0.3, 0.4) is 0 Å². The van der Waals surface area contributed by atoms with Crippen LogP contribution in [0.15, 0.2) is 47.6 Å². The van der Waals surface area contributed by atoms with E-state index in [0.717, 1.165) is 24.0 Å². The Morgan fingerprint density at radius 1 is 0.833 bits per heavy atom. The zero-order valence-electron chi connectivity index (χ0n) is 22.1. The van der Waals surface area contributed by atoms with Gasteiger partial charge in [-0.3, -0.25) is 4.79 Å². The zero-order chi connectivity index (χ0) is 25.8. The molecule has 0 radical (unpaired) electrons. The summed E-state index contributed by atoms with van der Waals surface area (Å²) < 4.78 is 11.7. The Kier molecular flexibility index (Phi) is 15.4. The van der Waals surface area contributed by atoms with E-state index >= 15 is 0 Å². The van der Waals surface area contributed by atoms with Crippen molar-refractivity contribution in [3.8, 4) is 11.5 Å². The molecule has 0 unspecified atom stereocenters. The van der Waals surface area contributed by atoms with Gasteiger partial charge in [-0.15, -0.1) is 0 Å². The van der Waals surface area contributed by atoms with Crippen molar-refractivity contribution in [2.75, 3.05) is 6.61 Å². The van der Waals surface area contributed by atoms with Gasteiger partial charge < -0.3 is 9.47 Å². The SMILES string of the molecule is CCCCCCCCCCCCCC(=O)N/N=C/c1ccc(OCc2ccc(Cl)cc2)c(OCC)c1. The molecule has 0 saturated carbocycles. The third-order valence-electron chi connectivity index (χ3n) is 5.99. The molecule has 2 rings (SSSR count). The molecule has 2 aromatic carbocycles. The summed E-state index contributed by atoms with van der Waals surface area (Å²) >= 11 is 5.94. The second-order valence-electron chi connectivity index (χ2n) is 9.13. The van der Waals surface area contributed by atoms with Crippen LogP contribution in [-0.4, -0.2) is 18.7 Å². The molecular formula is C30H43ClN2O3. The fraction of sp³-hybridized carbons (Fsp3) is 0.533. The van der Waals surface area contributed by atoms with Crippen molar-refractivity contribution in [3.63, 3.8) is 0 Å². The predicted molar refractivity (Wildman–Crippen MR) is 150 cm³/mol. The van der Waals surface area contributed by atoms with Gasteiger partial charge in [0, 0.05) is 11.4 Å². The first-order valence-electron chi connectivity index (χ1n) is 13.6. The smallest absolute Gasteiger partial charge is 0.240 e. The molecular weight excluding hydrogens is 472 g/mol. The topological polar surface area (TPSA) is 59.9 Å². The molecule has 2 aromatic rings. The number of hydrogen-bond donors (Lipinski definition) is 1. The van der Waals surface area contributed by atoms with Crippen molar-refractivity contribution in [1.29, 1.82) is 0 Å². The van der Waals surface area contributed by atoms with Gasteiger partial charge in [0.15, 0.2) is 11.5 Å². The van der Waals surface area contributed by atoms with E-state index in [1.54, 1.807) is 6.21 Å². The van der Waals surface area contributed by atoms with Crippen molar-refractivity contribution in [1.82, 2.24) is 5.43 Å². The molecule has 0 aliphatic heterocycles. The maximum absolute atomic E-state index is 12.1. The molecule has 1 N–H and O–H groups in total. The lowest BCUT2D eigenvalue weighted by molar-refractivity contribution is -0.121. The summed E-state index contributed by atoms with van der Waals surface area (Å²) in [6, 6.07) is 13.2. The first-order chi connectivity index (χ1) is 17.6. The van der Waals surface area contributed by atoms with Crippen LogP contribution in [0.2, 0.25) is 5.02 Å². The summed E-state index contributed by atoms with van der Waals surface area (Å²) in [6.45, 7) is 5.12. The number of ether oxygens (including phenoxy) is 2. The monoisotopic (exact) mass is 514 g/mol. The average molecular weight is 515 g/mol. The number of unbranched alkanes of at least 4 members (excludes halogenated alkanes) is 10. The van der Waals surface area contributed by atoms with Crippen LogP contribution in [-0.2, 0) is 11.4 Å². The van der Waals surface area contributed by atoms with Crippen molar-refractivity contribution in [3.05, 3.63) is 58.6 Å². The van der Waals surface area contributed by atoms with E-state index in [1.807, 2.05) is 49.4 Å². The number of carbonyl (C=O) groups is 1. The van der Waals surface area contributed by atoms with Crippen molar-refractivity contribution < 1.29 is 14.3 Å². The van der Waals surface area contributed by atoms with Crippen LogP contribution in [0, 0.1) is 0 Å². The predicted octanol–water partition coefficient (Wildman–Crippen LogP) is 8.47. The minimum absolute atomic E-state index is 0.0462. The van der Waals surface area contributed by atoms with Gasteiger partial charge in [0.05, 0.1) is 12.8 Å². The molecule has 1 amide bonds. The molecule has 0 spiro atoms. The van der Waals surface area contributed by atoms with Crippen LogP contribution in [0.4, 0.5) is 0 Å². The average Bonchev–Trinajstić information content (AvgIpc) is 2.88. The maximum Gasteiger partial charge on any atom is 0.240 e. The molecule has 198 valence electrons. The Bertz CT molecular complexity index is 900. The molecule has 0 heterocycles. The van der Waals surface area contributed by atoms with Crippen LogP contribution in [0.25, 0.3) is 0 Å². The molecule has 0 bridgehead atoms. The number of rotatable bonds is 19. The number of amides is 1.